The van der Waals surface area contributed by atoms with E-state index in [1.165, 1.54) is 60.1 Å². The van der Waals surface area contributed by atoms with Crippen molar-refractivity contribution in [3.63, 3.8) is 0 Å². The first-order valence-corrected chi connectivity index (χ1v) is 40.4. The number of aliphatic imine (C=N–C) groups is 1. The van der Waals surface area contributed by atoms with E-state index in [4.69, 9.17) is 45.0 Å². The molecule has 1 aliphatic heterocycles. The molecule has 9 amide bonds. The van der Waals surface area contributed by atoms with Crippen LogP contribution in [0.5, 0.6) is 5.75 Å². The van der Waals surface area contributed by atoms with Crippen molar-refractivity contribution >= 4 is 111 Å². The SMILES string of the molecule is Cc1sc2c(c1C)C(c1ccc(Cl)cc1)=NC(CC(=O)Nc1ccc(OCCOCCOCCOCCOCCOCCNCCCN(C)CCCNC(=O)CCNC(=O)c3nc(NC(=O)CCNC(=O)c4cc(NC(=O)c5nc(NC(=O)CCNC(=O)c6cc(NC(=O)c7nccn7C)cn6C)cn5C)cn4C)cn3C)cc1)c1nnc(C)n1-2. The Bertz CT molecular complexity index is 5020. The third kappa shape index (κ3) is 26.8. The van der Waals surface area contributed by atoms with Gasteiger partial charge in [0.2, 0.25) is 35.3 Å². The summed E-state index contributed by atoms with van der Waals surface area (Å²) in [5.41, 5.74) is 5.50. The highest BCUT2D eigenvalue weighted by atomic mass is 35.5. The Morgan fingerprint density at radius 2 is 1.02 bits per heavy atom. The number of hydrogen-bond donors (Lipinski definition) is 10. The summed E-state index contributed by atoms with van der Waals surface area (Å²) in [5, 5.41) is 38.5. The molecule has 0 saturated heterocycles. The number of thiophene rings is 1. The zero-order chi connectivity index (χ0) is 85.6. The van der Waals surface area contributed by atoms with Crippen LogP contribution in [0.15, 0.2) is 103 Å². The van der Waals surface area contributed by atoms with Gasteiger partial charge in [0.25, 0.3) is 29.5 Å². The molecule has 9 aromatic rings. The molecular weight excluding hydrogens is 1590 g/mol. The van der Waals surface area contributed by atoms with Gasteiger partial charge < -0.3 is 109 Å². The fourth-order valence-electron chi connectivity index (χ4n) is 12.6. The van der Waals surface area contributed by atoms with Gasteiger partial charge in [-0.1, -0.05) is 23.7 Å². The lowest BCUT2D eigenvalue weighted by Gasteiger charge is -2.17. The lowest BCUT2D eigenvalue weighted by Crippen LogP contribution is -2.33. The first kappa shape index (κ1) is 90.5. The second-order valence-corrected chi connectivity index (χ2v) is 29.8. The van der Waals surface area contributed by atoms with Crippen molar-refractivity contribution in [3.8, 4) is 10.8 Å². The third-order valence-electron chi connectivity index (χ3n) is 18.8. The number of ether oxygens (including phenoxy) is 6. The molecule has 642 valence electrons. The molecule has 0 radical (unpaired) electrons. The number of amides is 9. The lowest BCUT2D eigenvalue weighted by molar-refractivity contribution is -0.121. The average Bonchev–Trinajstić information content (AvgIpc) is 1.59. The smallest absolute Gasteiger partial charge is 0.291 e. The van der Waals surface area contributed by atoms with Gasteiger partial charge >= 0.3 is 0 Å². The van der Waals surface area contributed by atoms with E-state index >= 15 is 0 Å². The second-order valence-electron chi connectivity index (χ2n) is 28.2. The molecule has 0 fully saturated rings. The zero-order valence-electron chi connectivity index (χ0n) is 68.7. The Balaban J connectivity index is 0.474. The first-order chi connectivity index (χ1) is 57.8. The van der Waals surface area contributed by atoms with Gasteiger partial charge in [-0.3, -0.25) is 52.7 Å². The number of anilines is 5. The molecule has 1 aliphatic rings. The molecule has 0 spiro atoms. The van der Waals surface area contributed by atoms with Crippen molar-refractivity contribution < 1.29 is 71.6 Å². The average molecular weight is 1700 g/mol. The lowest BCUT2D eigenvalue weighted by atomic mass is 9.99. The van der Waals surface area contributed by atoms with Crippen molar-refractivity contribution in [1.29, 1.82) is 0 Å². The summed E-state index contributed by atoms with van der Waals surface area (Å²) >= 11 is 7.92. The van der Waals surface area contributed by atoms with Crippen LogP contribution in [0.2, 0.25) is 5.02 Å². The monoisotopic (exact) mass is 1690 g/mol. The largest absolute Gasteiger partial charge is 0.491 e. The van der Waals surface area contributed by atoms with E-state index < -0.39 is 47.4 Å². The van der Waals surface area contributed by atoms with Crippen LogP contribution < -0.4 is 57.9 Å². The summed E-state index contributed by atoms with van der Waals surface area (Å²) in [5.74, 6) is -1.68. The Hall–Kier alpha value is -11.8. The molecule has 10 rings (SSSR count). The van der Waals surface area contributed by atoms with E-state index in [0.29, 0.717) is 107 Å². The van der Waals surface area contributed by atoms with Gasteiger partial charge in [0.05, 0.1) is 89.6 Å². The van der Waals surface area contributed by atoms with Gasteiger partial charge in [-0.15, -0.1) is 21.5 Å². The summed E-state index contributed by atoms with van der Waals surface area (Å²) in [6, 6.07) is 17.1. The van der Waals surface area contributed by atoms with Crippen molar-refractivity contribution in [2.45, 2.75) is 65.3 Å². The summed E-state index contributed by atoms with van der Waals surface area (Å²) in [4.78, 5) is 138. The number of halogens is 1. The third-order valence-corrected chi connectivity index (χ3v) is 20.3. The van der Waals surface area contributed by atoms with E-state index in [1.807, 2.05) is 42.8 Å². The minimum Gasteiger partial charge on any atom is -0.491 e. The van der Waals surface area contributed by atoms with E-state index in [0.717, 1.165) is 72.2 Å². The molecule has 0 aliphatic carbocycles. The summed E-state index contributed by atoms with van der Waals surface area (Å²) in [7, 11) is 10.1. The van der Waals surface area contributed by atoms with Gasteiger partial charge in [0, 0.05) is 151 Å². The molecule has 10 N–H and O–H groups in total. The van der Waals surface area contributed by atoms with Gasteiger partial charge in [-0.25, -0.2) is 15.0 Å². The van der Waals surface area contributed by atoms with Gasteiger partial charge in [-0.2, -0.15) is 0 Å². The highest BCUT2D eigenvalue weighted by Crippen LogP contribution is 2.40. The number of benzene rings is 2. The van der Waals surface area contributed by atoms with Gasteiger partial charge in [-0.05, 0) is 114 Å². The predicted molar refractivity (Wildman–Crippen MR) is 450 cm³/mol. The van der Waals surface area contributed by atoms with Crippen LogP contribution in [-0.2, 0) is 78.1 Å². The zero-order valence-corrected chi connectivity index (χ0v) is 70.3. The number of rotatable bonds is 49. The first-order valence-electron chi connectivity index (χ1n) is 39.2. The number of nitrogens with one attached hydrogen (secondary N) is 10. The number of hydrogen-bond acceptors (Lipinski definition) is 24. The number of fused-ring (bicyclic) bond motifs is 3. The molecule has 0 bridgehead atoms. The number of imidazole rings is 3. The number of nitrogens with zero attached hydrogens (tertiary/aromatic N) is 13. The number of carbonyl (C=O) groups is 9. The predicted octanol–water partition coefficient (Wildman–Crippen LogP) is 5.43. The molecule has 1 unspecified atom stereocenters. The summed E-state index contributed by atoms with van der Waals surface area (Å²) < 4.78 is 43.5. The Morgan fingerprint density at radius 3 is 1.57 bits per heavy atom. The molecular formula is C80H104ClN23O15S. The Kier molecular flexibility index (Phi) is 34.2. The molecule has 1 atom stereocenters. The number of aryl methyl sites for hydroxylation is 7. The molecule has 120 heavy (non-hydrogen) atoms. The maximum absolute atomic E-state index is 13.6. The summed E-state index contributed by atoms with van der Waals surface area (Å²) in [6.07, 6.45) is 10.7. The highest BCUT2D eigenvalue weighted by Gasteiger charge is 2.33. The minimum atomic E-state index is -0.635. The van der Waals surface area contributed by atoms with E-state index in [-0.39, 0.29) is 103 Å². The normalized spacial score (nSPS) is 12.3. The molecule has 38 nitrogen and oxygen atoms in total. The van der Waals surface area contributed by atoms with Crippen LogP contribution in [-0.4, -0.2) is 248 Å². The topological polar surface area (TPSA) is 439 Å². The van der Waals surface area contributed by atoms with Gasteiger partial charge in [0.1, 0.15) is 40.6 Å². The Labute approximate surface area is 702 Å². The second kappa shape index (κ2) is 45.4. The van der Waals surface area contributed by atoms with Crippen molar-refractivity contribution in [1.82, 2.24) is 84.0 Å². The van der Waals surface area contributed by atoms with Crippen LogP contribution in [0.4, 0.5) is 28.7 Å². The van der Waals surface area contributed by atoms with Crippen molar-refractivity contribution in [3.05, 3.63) is 165 Å². The highest BCUT2D eigenvalue weighted by molar-refractivity contribution is 7.15. The summed E-state index contributed by atoms with van der Waals surface area (Å²) in [6.45, 7) is 14.6. The van der Waals surface area contributed by atoms with Crippen LogP contribution in [0.3, 0.4) is 0 Å². The quantitative estimate of drug-likeness (QED) is 0.0213. The van der Waals surface area contributed by atoms with E-state index in [9.17, 15) is 43.2 Å². The number of carbonyl (C=O) groups excluding carboxylic acids is 9. The maximum Gasteiger partial charge on any atom is 0.291 e. The van der Waals surface area contributed by atoms with Crippen LogP contribution in [0.1, 0.15) is 131 Å². The van der Waals surface area contributed by atoms with Crippen molar-refractivity contribution in [2.75, 3.05) is 159 Å². The molecule has 7 aromatic heterocycles. The van der Waals surface area contributed by atoms with Crippen LogP contribution in [0.25, 0.3) is 5.00 Å². The van der Waals surface area contributed by atoms with Crippen molar-refractivity contribution in [2.24, 2.45) is 40.2 Å². The maximum atomic E-state index is 13.6. The fraction of sp³-hybridized carbons (Fsp3) is 0.438. The van der Waals surface area contributed by atoms with Crippen LogP contribution >= 0.6 is 22.9 Å². The minimum absolute atomic E-state index is 0.0134. The number of aromatic nitrogens is 11. The van der Waals surface area contributed by atoms with Crippen LogP contribution in [0, 0.1) is 20.8 Å². The molecule has 8 heterocycles. The van der Waals surface area contributed by atoms with E-state index in [1.54, 1.807) is 87.8 Å². The fourth-order valence-corrected chi connectivity index (χ4v) is 13.9. The molecule has 40 heteroatoms. The Morgan fingerprint density at radius 1 is 0.500 bits per heavy atom. The molecule has 2 aromatic carbocycles. The molecule has 0 saturated carbocycles. The van der Waals surface area contributed by atoms with E-state index in [2.05, 4.69) is 97.1 Å². The van der Waals surface area contributed by atoms with Gasteiger partial charge in [0.15, 0.2) is 23.3 Å². The standard InChI is InChI=1S/C80H104ClN23O15S/c1-51-52(2)120-80-69(51)70(54-12-14-55(81)15-13-54)91-60(71-97-96-53(3)104(71)80)46-68(108)88-56-16-18-59(19-17-56)119-43-42-118-41-40-117-39-38-116-37-36-115-35-34-114-33-29-82-23-10-30-98(4)31-11-24-83-65(105)20-25-87-77(111)73-94-63(49-102(73)8)92-66(106)21-26-86-76(110)62-45-58(48-101(62)7)90-79(113)74-95-64(50-103(74)9)93-67(107)22-27-85-75(109)61-44-57(47-100(61)6)89-78(112)72-84-28-32-99(72)5/h12-19,28,32,44-45,47-50,60,82H,10-11,20-27,29-31,33-43,46H2,1-9H3,(H,83,105)(H,85,109)(H,86,110)(H,87,111)(H,88,108)(H,89,112)(H,90,113)(H,92,106)(H,93,107).